The number of halogens is 2. The molecule has 7 heteroatoms. The molecule has 0 radical (unpaired) electrons. The van der Waals surface area contributed by atoms with Gasteiger partial charge in [0.15, 0.2) is 5.82 Å². The Kier molecular flexibility index (Phi) is 4.53. The molecule has 1 aliphatic heterocycles. The molecule has 1 N–H and O–H groups in total. The largest absolute Gasteiger partial charge is 0.384 e. The Hall–Kier alpha value is -2.41. The van der Waals surface area contributed by atoms with E-state index in [1.54, 1.807) is 0 Å². The zero-order valence-electron chi connectivity index (χ0n) is 12.9. The van der Waals surface area contributed by atoms with Gasteiger partial charge in [0.2, 0.25) is 0 Å². The lowest BCUT2D eigenvalue weighted by Crippen LogP contribution is -2.50. The van der Waals surface area contributed by atoms with Crippen LogP contribution in [0.4, 0.5) is 8.78 Å². The molecule has 1 aliphatic rings. The summed E-state index contributed by atoms with van der Waals surface area (Å²) in [6.45, 7) is 0.148. The third kappa shape index (κ3) is 3.26. The number of hydrogen-bond acceptors (Lipinski definition) is 4. The van der Waals surface area contributed by atoms with Crippen molar-refractivity contribution >= 4 is 5.91 Å². The monoisotopic (exact) mass is 333 g/mol. The van der Waals surface area contributed by atoms with Gasteiger partial charge in [0.1, 0.15) is 11.3 Å². The van der Waals surface area contributed by atoms with Crippen LogP contribution in [0.5, 0.6) is 0 Å². The summed E-state index contributed by atoms with van der Waals surface area (Å²) in [5.41, 5.74) is -0.998. The van der Waals surface area contributed by atoms with Gasteiger partial charge in [-0.1, -0.05) is 30.3 Å². The van der Waals surface area contributed by atoms with Crippen molar-refractivity contribution in [3.63, 3.8) is 0 Å². The molecule has 0 bridgehead atoms. The maximum atomic E-state index is 12.8. The van der Waals surface area contributed by atoms with Gasteiger partial charge >= 0.3 is 0 Å². The number of benzene rings is 1. The Labute approximate surface area is 138 Å². The van der Waals surface area contributed by atoms with Gasteiger partial charge in [-0.2, -0.15) is 0 Å². The van der Waals surface area contributed by atoms with Crippen LogP contribution in [0.3, 0.4) is 0 Å². The van der Waals surface area contributed by atoms with E-state index in [1.165, 1.54) is 17.2 Å². The molecule has 1 aromatic carbocycles. The topological polar surface area (TPSA) is 66.3 Å². The van der Waals surface area contributed by atoms with Gasteiger partial charge in [0.05, 0.1) is 0 Å². The van der Waals surface area contributed by atoms with Gasteiger partial charge in [0.25, 0.3) is 12.3 Å². The zero-order chi connectivity index (χ0) is 17.2. The summed E-state index contributed by atoms with van der Waals surface area (Å²) in [5, 5.41) is 9.80. The minimum atomic E-state index is -2.81. The summed E-state index contributed by atoms with van der Waals surface area (Å²) in [6, 6.07) is 10.8. The number of amides is 1. The first-order valence-electron chi connectivity index (χ1n) is 7.68. The van der Waals surface area contributed by atoms with Crippen LogP contribution < -0.4 is 0 Å². The third-order valence-electron chi connectivity index (χ3n) is 4.23. The Balaban J connectivity index is 1.75. The van der Waals surface area contributed by atoms with Crippen molar-refractivity contribution in [1.82, 2.24) is 14.9 Å². The van der Waals surface area contributed by atoms with Crippen LogP contribution in [0.1, 0.15) is 23.3 Å². The maximum Gasteiger partial charge on any atom is 0.272 e. The van der Waals surface area contributed by atoms with Crippen molar-refractivity contribution in [2.24, 2.45) is 0 Å². The summed E-state index contributed by atoms with van der Waals surface area (Å²) in [4.78, 5) is 22.4. The molecule has 1 amide bonds. The number of hydrogen-bond donors (Lipinski definition) is 1. The second kappa shape index (κ2) is 6.60. The summed E-state index contributed by atoms with van der Waals surface area (Å²) in [5.74, 6) is 0.0912. The average Bonchev–Trinajstić information content (AvgIpc) is 2.62. The molecule has 0 aliphatic carbocycles. The van der Waals surface area contributed by atoms with E-state index in [1.807, 2.05) is 30.3 Å². The fourth-order valence-corrected chi connectivity index (χ4v) is 2.68. The molecule has 3 rings (SSSR count). The lowest BCUT2D eigenvalue weighted by atomic mass is 9.92. The minimum Gasteiger partial charge on any atom is -0.384 e. The van der Waals surface area contributed by atoms with Gasteiger partial charge in [0, 0.05) is 24.8 Å². The first kappa shape index (κ1) is 16.4. The molecule has 2 aromatic rings. The summed E-state index contributed by atoms with van der Waals surface area (Å²) in [7, 11) is 0. The molecule has 24 heavy (non-hydrogen) atoms. The number of nitrogens with zero attached hydrogens (tertiary/aromatic N) is 3. The van der Waals surface area contributed by atoms with Crippen molar-refractivity contribution in [2.75, 3.05) is 13.1 Å². The van der Waals surface area contributed by atoms with E-state index in [0.29, 0.717) is 5.82 Å². The number of carbonyl (C=O) groups excluding carboxylic acids is 1. The van der Waals surface area contributed by atoms with Crippen LogP contribution in [0.2, 0.25) is 0 Å². The number of likely N-dealkylation sites (tertiary alicyclic amines) is 1. The second-order valence-electron chi connectivity index (χ2n) is 5.83. The lowest BCUT2D eigenvalue weighted by Gasteiger charge is -2.37. The Morgan fingerprint density at radius 3 is 2.46 bits per heavy atom. The molecule has 1 saturated heterocycles. The predicted octanol–water partition coefficient (Wildman–Crippen LogP) is 2.38. The van der Waals surface area contributed by atoms with E-state index in [4.69, 9.17) is 0 Å². The standard InChI is InChI=1S/C17H17F2N3O2/c18-16(19)17(24)7-10-22(11-8-17)15(23)13-6-9-20-14(21-13)12-4-2-1-3-5-12/h1-6,9,16,24H,7-8,10-11H2. The van der Waals surface area contributed by atoms with E-state index < -0.39 is 12.0 Å². The molecule has 0 atom stereocenters. The van der Waals surface area contributed by atoms with E-state index in [2.05, 4.69) is 9.97 Å². The van der Waals surface area contributed by atoms with E-state index in [0.717, 1.165) is 5.56 Å². The highest BCUT2D eigenvalue weighted by Gasteiger charge is 2.41. The van der Waals surface area contributed by atoms with Gasteiger partial charge in [-0.05, 0) is 18.9 Å². The summed E-state index contributed by atoms with van der Waals surface area (Å²) < 4.78 is 25.6. The molecule has 5 nitrogen and oxygen atoms in total. The number of carbonyl (C=O) groups is 1. The molecule has 0 saturated carbocycles. The molecular weight excluding hydrogens is 316 g/mol. The van der Waals surface area contributed by atoms with Gasteiger partial charge in [-0.25, -0.2) is 18.7 Å². The quantitative estimate of drug-likeness (QED) is 0.936. The van der Waals surface area contributed by atoms with E-state index >= 15 is 0 Å². The van der Waals surface area contributed by atoms with Gasteiger partial charge in [-0.3, -0.25) is 4.79 Å². The third-order valence-corrected chi connectivity index (χ3v) is 4.23. The van der Waals surface area contributed by atoms with E-state index in [9.17, 15) is 18.7 Å². The molecule has 126 valence electrons. The molecule has 1 fully saturated rings. The van der Waals surface area contributed by atoms with Crippen LogP contribution in [0.15, 0.2) is 42.6 Å². The molecule has 0 spiro atoms. The molecule has 2 heterocycles. The van der Waals surface area contributed by atoms with Crippen molar-refractivity contribution in [3.05, 3.63) is 48.3 Å². The van der Waals surface area contributed by atoms with Crippen LogP contribution in [-0.2, 0) is 0 Å². The molecule has 1 aromatic heterocycles. The fraction of sp³-hybridized carbons (Fsp3) is 0.353. The van der Waals surface area contributed by atoms with Crippen LogP contribution in [0, 0.1) is 0 Å². The number of alkyl halides is 2. The molecule has 0 unspecified atom stereocenters. The number of rotatable bonds is 3. The molecular formula is C17H17F2N3O2. The fourth-order valence-electron chi connectivity index (χ4n) is 2.68. The Bertz CT molecular complexity index is 717. The van der Waals surface area contributed by atoms with Gasteiger partial charge in [-0.15, -0.1) is 0 Å². The maximum absolute atomic E-state index is 12.8. The van der Waals surface area contributed by atoms with Crippen molar-refractivity contribution < 1.29 is 18.7 Å². The minimum absolute atomic E-state index is 0.0738. The van der Waals surface area contributed by atoms with Crippen LogP contribution in [0.25, 0.3) is 11.4 Å². The SMILES string of the molecule is O=C(c1ccnc(-c2ccccc2)n1)N1CCC(O)(C(F)F)CC1. The highest BCUT2D eigenvalue weighted by atomic mass is 19.3. The lowest BCUT2D eigenvalue weighted by molar-refractivity contribution is -0.122. The summed E-state index contributed by atoms with van der Waals surface area (Å²) >= 11 is 0. The van der Waals surface area contributed by atoms with Crippen molar-refractivity contribution in [1.29, 1.82) is 0 Å². The number of piperidine rings is 1. The Morgan fingerprint density at radius 1 is 1.17 bits per heavy atom. The van der Waals surface area contributed by atoms with Crippen molar-refractivity contribution in [2.45, 2.75) is 24.9 Å². The smallest absolute Gasteiger partial charge is 0.272 e. The zero-order valence-corrected chi connectivity index (χ0v) is 12.9. The predicted molar refractivity (Wildman–Crippen MR) is 83.6 cm³/mol. The average molecular weight is 333 g/mol. The van der Waals surface area contributed by atoms with Crippen LogP contribution >= 0.6 is 0 Å². The second-order valence-corrected chi connectivity index (χ2v) is 5.83. The first-order valence-corrected chi connectivity index (χ1v) is 7.68. The summed E-state index contributed by atoms with van der Waals surface area (Å²) in [6.07, 6.45) is -1.60. The highest BCUT2D eigenvalue weighted by Crippen LogP contribution is 2.29. The first-order chi connectivity index (χ1) is 11.5. The number of aromatic nitrogens is 2. The Morgan fingerprint density at radius 2 is 1.83 bits per heavy atom. The van der Waals surface area contributed by atoms with Crippen molar-refractivity contribution in [3.8, 4) is 11.4 Å². The normalized spacial score (nSPS) is 17.1. The highest BCUT2D eigenvalue weighted by molar-refractivity contribution is 5.92. The number of aliphatic hydroxyl groups is 1. The van der Waals surface area contributed by atoms with Crippen LogP contribution in [-0.4, -0.2) is 51.0 Å². The van der Waals surface area contributed by atoms with E-state index in [-0.39, 0.29) is 37.5 Å². The van der Waals surface area contributed by atoms with Gasteiger partial charge < -0.3 is 10.0 Å².